The molecule has 28 heavy (non-hydrogen) atoms. The fourth-order valence-corrected chi connectivity index (χ4v) is 3.59. The number of aryl methyl sites for hydroxylation is 2. The highest BCUT2D eigenvalue weighted by molar-refractivity contribution is 5.76. The second-order valence-corrected chi connectivity index (χ2v) is 7.39. The molecule has 3 aromatic rings. The van der Waals surface area contributed by atoms with Crippen LogP contribution >= 0.6 is 0 Å². The van der Waals surface area contributed by atoms with Gasteiger partial charge in [-0.05, 0) is 38.8 Å². The van der Waals surface area contributed by atoms with Gasteiger partial charge in [-0.25, -0.2) is 18.9 Å². The zero-order chi connectivity index (χ0) is 19.7. The number of nitrogens with zero attached hydrogens (tertiary/aromatic N) is 4. The second-order valence-electron chi connectivity index (χ2n) is 7.39. The van der Waals surface area contributed by atoms with Crippen LogP contribution in [0.5, 0.6) is 0 Å². The number of carbonyl (C=O) groups excluding carboxylic acids is 1. The number of aromatic nitrogens is 4. The molecule has 0 saturated heterocycles. The summed E-state index contributed by atoms with van der Waals surface area (Å²) < 4.78 is 2.59. The molecule has 1 fully saturated rings. The minimum Gasteiger partial charge on any atom is -0.352 e. The van der Waals surface area contributed by atoms with Crippen molar-refractivity contribution in [3.63, 3.8) is 0 Å². The fourth-order valence-electron chi connectivity index (χ4n) is 3.59. The van der Waals surface area contributed by atoms with Gasteiger partial charge in [-0.3, -0.25) is 4.79 Å². The van der Waals surface area contributed by atoms with Crippen molar-refractivity contribution >= 4 is 23.2 Å². The standard InChI is InChI=1S/C20H24N6O2/c1-13-7-9-16(10-8-13)23-19-21-14(2)11-17-24-25(20(28)26(17)19)12-18(27)22-15-5-3-4-6-15/h7-11,15H,3-6,12H2,1-2H3,(H,21,23)(H,22,27). The molecule has 0 aliphatic heterocycles. The van der Waals surface area contributed by atoms with Gasteiger partial charge in [-0.1, -0.05) is 30.5 Å². The quantitative estimate of drug-likeness (QED) is 0.708. The number of hydrogen-bond donors (Lipinski definition) is 2. The van der Waals surface area contributed by atoms with E-state index in [1.807, 2.05) is 38.1 Å². The van der Waals surface area contributed by atoms with Crippen LogP contribution in [0.25, 0.3) is 5.65 Å². The van der Waals surface area contributed by atoms with Crippen LogP contribution in [0.2, 0.25) is 0 Å². The number of anilines is 2. The van der Waals surface area contributed by atoms with Crippen LogP contribution in [0.4, 0.5) is 11.6 Å². The molecule has 4 rings (SSSR count). The first-order valence-corrected chi connectivity index (χ1v) is 9.60. The van der Waals surface area contributed by atoms with E-state index in [1.54, 1.807) is 6.07 Å². The van der Waals surface area contributed by atoms with Gasteiger partial charge in [0, 0.05) is 23.5 Å². The molecule has 146 valence electrons. The molecule has 1 saturated carbocycles. The Hall–Kier alpha value is -3.16. The largest absolute Gasteiger partial charge is 0.353 e. The summed E-state index contributed by atoms with van der Waals surface area (Å²) in [5.74, 6) is 0.196. The topological polar surface area (TPSA) is 93.3 Å². The lowest BCUT2D eigenvalue weighted by Gasteiger charge is -2.11. The monoisotopic (exact) mass is 380 g/mol. The van der Waals surface area contributed by atoms with Crippen LogP contribution in [0.15, 0.2) is 35.1 Å². The highest BCUT2D eigenvalue weighted by atomic mass is 16.2. The van der Waals surface area contributed by atoms with Crippen molar-refractivity contribution in [2.75, 3.05) is 5.32 Å². The summed E-state index contributed by atoms with van der Waals surface area (Å²) in [7, 11) is 0. The molecular formula is C20H24N6O2. The molecule has 0 atom stereocenters. The maximum absolute atomic E-state index is 12.9. The Morgan fingerprint density at radius 1 is 1.18 bits per heavy atom. The summed E-state index contributed by atoms with van der Waals surface area (Å²) in [5, 5.41) is 10.5. The predicted octanol–water partition coefficient (Wildman–Crippen LogP) is 2.31. The first-order chi connectivity index (χ1) is 13.5. The highest BCUT2D eigenvalue weighted by Crippen LogP contribution is 2.18. The molecule has 2 N–H and O–H groups in total. The van der Waals surface area contributed by atoms with Crippen molar-refractivity contribution in [2.45, 2.75) is 52.1 Å². The zero-order valence-electron chi connectivity index (χ0n) is 16.1. The molecule has 0 unspecified atom stereocenters. The molecule has 2 aromatic heterocycles. The van der Waals surface area contributed by atoms with E-state index in [4.69, 9.17) is 0 Å². The SMILES string of the molecule is Cc1ccc(Nc2nc(C)cc3nn(CC(=O)NC4CCCC4)c(=O)n23)cc1. The molecule has 8 nitrogen and oxygen atoms in total. The van der Waals surface area contributed by atoms with Crippen molar-refractivity contribution < 1.29 is 4.79 Å². The van der Waals surface area contributed by atoms with E-state index in [0.717, 1.165) is 42.6 Å². The Morgan fingerprint density at radius 3 is 2.61 bits per heavy atom. The lowest BCUT2D eigenvalue weighted by Crippen LogP contribution is -2.37. The Kier molecular flexibility index (Phi) is 4.85. The van der Waals surface area contributed by atoms with E-state index in [0.29, 0.717) is 11.6 Å². The molecule has 1 aliphatic carbocycles. The zero-order valence-corrected chi connectivity index (χ0v) is 16.1. The third-order valence-electron chi connectivity index (χ3n) is 5.02. The van der Waals surface area contributed by atoms with Gasteiger partial charge < -0.3 is 10.6 Å². The van der Waals surface area contributed by atoms with E-state index in [9.17, 15) is 9.59 Å². The van der Waals surface area contributed by atoms with Gasteiger partial charge in [0.1, 0.15) is 6.54 Å². The van der Waals surface area contributed by atoms with Gasteiger partial charge in [-0.15, -0.1) is 5.10 Å². The lowest BCUT2D eigenvalue weighted by molar-refractivity contribution is -0.122. The summed E-state index contributed by atoms with van der Waals surface area (Å²) in [5.41, 5.74) is 2.77. The van der Waals surface area contributed by atoms with Gasteiger partial charge in [-0.2, -0.15) is 0 Å². The van der Waals surface area contributed by atoms with Crippen molar-refractivity contribution in [3.8, 4) is 0 Å². The second kappa shape index (κ2) is 7.46. The first-order valence-electron chi connectivity index (χ1n) is 9.60. The predicted molar refractivity (Wildman–Crippen MR) is 107 cm³/mol. The molecular weight excluding hydrogens is 356 g/mol. The van der Waals surface area contributed by atoms with Gasteiger partial charge in [0.05, 0.1) is 0 Å². The maximum atomic E-state index is 12.9. The van der Waals surface area contributed by atoms with Gasteiger partial charge >= 0.3 is 5.69 Å². The minimum absolute atomic E-state index is 0.0972. The molecule has 1 aromatic carbocycles. The van der Waals surface area contributed by atoms with Crippen LogP contribution in [-0.4, -0.2) is 31.1 Å². The fraction of sp³-hybridized carbons (Fsp3) is 0.400. The van der Waals surface area contributed by atoms with Crippen molar-refractivity contribution in [1.82, 2.24) is 24.5 Å². The summed E-state index contributed by atoms with van der Waals surface area (Å²) in [6.45, 7) is 3.76. The Labute approximate surface area is 162 Å². The lowest BCUT2D eigenvalue weighted by atomic mass is 10.2. The Balaban J connectivity index is 1.63. The van der Waals surface area contributed by atoms with Crippen LogP contribution in [0, 0.1) is 13.8 Å². The number of rotatable bonds is 5. The molecule has 1 amide bonds. The number of hydrogen-bond acceptors (Lipinski definition) is 5. The van der Waals surface area contributed by atoms with Gasteiger partial charge in [0.15, 0.2) is 5.65 Å². The third kappa shape index (κ3) is 3.76. The van der Waals surface area contributed by atoms with E-state index in [2.05, 4.69) is 20.7 Å². The van der Waals surface area contributed by atoms with E-state index < -0.39 is 5.69 Å². The summed E-state index contributed by atoms with van der Waals surface area (Å²) in [6, 6.07) is 9.75. The summed E-state index contributed by atoms with van der Waals surface area (Å²) >= 11 is 0. The summed E-state index contributed by atoms with van der Waals surface area (Å²) in [4.78, 5) is 29.7. The smallest absolute Gasteiger partial charge is 0.352 e. The number of carbonyl (C=O) groups is 1. The summed E-state index contributed by atoms with van der Waals surface area (Å²) in [6.07, 6.45) is 4.27. The van der Waals surface area contributed by atoms with E-state index in [1.165, 1.54) is 9.08 Å². The molecule has 0 bridgehead atoms. The molecule has 8 heteroatoms. The van der Waals surface area contributed by atoms with E-state index in [-0.39, 0.29) is 18.5 Å². The van der Waals surface area contributed by atoms with Crippen LogP contribution in [0.3, 0.4) is 0 Å². The molecule has 2 heterocycles. The minimum atomic E-state index is -0.390. The number of amides is 1. The average Bonchev–Trinajstić information content (AvgIpc) is 3.25. The highest BCUT2D eigenvalue weighted by Gasteiger charge is 2.19. The molecule has 1 aliphatic rings. The van der Waals surface area contributed by atoms with Crippen LogP contribution < -0.4 is 16.3 Å². The van der Waals surface area contributed by atoms with Crippen LogP contribution in [0.1, 0.15) is 36.9 Å². The normalized spacial score (nSPS) is 14.5. The number of nitrogens with one attached hydrogen (secondary N) is 2. The average molecular weight is 380 g/mol. The third-order valence-corrected chi connectivity index (χ3v) is 5.02. The van der Waals surface area contributed by atoms with E-state index >= 15 is 0 Å². The molecule has 0 radical (unpaired) electrons. The Bertz CT molecular complexity index is 1060. The van der Waals surface area contributed by atoms with Crippen molar-refractivity contribution in [2.24, 2.45) is 0 Å². The molecule has 0 spiro atoms. The number of benzene rings is 1. The van der Waals surface area contributed by atoms with Crippen molar-refractivity contribution in [3.05, 3.63) is 52.1 Å². The maximum Gasteiger partial charge on any atom is 0.353 e. The van der Waals surface area contributed by atoms with Crippen molar-refractivity contribution in [1.29, 1.82) is 0 Å². The van der Waals surface area contributed by atoms with Gasteiger partial charge in [0.2, 0.25) is 11.9 Å². The Morgan fingerprint density at radius 2 is 1.89 bits per heavy atom. The van der Waals surface area contributed by atoms with Crippen LogP contribution in [-0.2, 0) is 11.3 Å². The first kappa shape index (κ1) is 18.2. The number of fused-ring (bicyclic) bond motifs is 1. The van der Waals surface area contributed by atoms with Gasteiger partial charge in [0.25, 0.3) is 0 Å².